The summed E-state index contributed by atoms with van der Waals surface area (Å²) in [5.41, 5.74) is 1.79. The zero-order valence-electron chi connectivity index (χ0n) is 22.8. The highest BCUT2D eigenvalue weighted by Crippen LogP contribution is 2.44. The number of hydrogen-bond acceptors (Lipinski definition) is 12. The van der Waals surface area contributed by atoms with Crippen molar-refractivity contribution < 1.29 is 71.5 Å². The minimum Gasteiger partial charge on any atom is -0.508 e. The molecule has 0 aliphatic carbocycles. The molecule has 44 heavy (non-hydrogen) atoms. The maximum atomic E-state index is 10.2. The largest absolute Gasteiger partial charge is 0.508 e. The monoisotopic (exact) mass is 616 g/mol. The Bertz CT molecular complexity index is 1520. The number of phenols is 8. The highest BCUT2D eigenvalue weighted by atomic mass is 16.5. The molecular formula is C30H32O14. The van der Waals surface area contributed by atoms with Crippen molar-refractivity contribution in [3.05, 3.63) is 82.9 Å². The summed E-state index contributed by atoms with van der Waals surface area (Å²) >= 11 is 0. The summed E-state index contributed by atoms with van der Waals surface area (Å²) in [6.07, 6.45) is -3.12. The summed E-state index contributed by atoms with van der Waals surface area (Å²) in [6.45, 7) is 0. The van der Waals surface area contributed by atoms with E-state index in [4.69, 9.17) is 9.47 Å². The lowest BCUT2D eigenvalue weighted by Crippen LogP contribution is -2.30. The van der Waals surface area contributed by atoms with Gasteiger partial charge in [0.15, 0.2) is 23.0 Å². The number of benzene rings is 4. The molecule has 14 N–H and O–H groups in total. The first-order chi connectivity index (χ1) is 19.9. The number of phenolic OH excluding ortho intramolecular Hbond substituents is 8. The third-order valence-electron chi connectivity index (χ3n) is 7.03. The van der Waals surface area contributed by atoms with E-state index in [2.05, 4.69) is 0 Å². The van der Waals surface area contributed by atoms with Gasteiger partial charge in [0.05, 0.1) is 12.2 Å². The van der Waals surface area contributed by atoms with E-state index in [1.54, 1.807) is 0 Å². The molecule has 4 aromatic carbocycles. The van der Waals surface area contributed by atoms with Gasteiger partial charge < -0.3 is 71.5 Å². The first-order valence-electron chi connectivity index (χ1n) is 12.7. The van der Waals surface area contributed by atoms with Crippen molar-refractivity contribution in [2.24, 2.45) is 0 Å². The third kappa shape index (κ3) is 6.53. The Balaban J connectivity index is 0.000000230. The van der Waals surface area contributed by atoms with Crippen LogP contribution in [0.1, 0.15) is 34.5 Å². The molecule has 0 saturated carbocycles. The molecule has 0 fully saturated rings. The van der Waals surface area contributed by atoms with Gasteiger partial charge in [0, 0.05) is 48.2 Å². The zero-order valence-corrected chi connectivity index (χ0v) is 22.8. The smallest absolute Gasteiger partial charge is 0.157 e. The number of ether oxygens (including phenoxy) is 2. The summed E-state index contributed by atoms with van der Waals surface area (Å²) in [5, 5.41) is 96.6. The van der Waals surface area contributed by atoms with Crippen molar-refractivity contribution in [1.82, 2.24) is 0 Å². The van der Waals surface area contributed by atoms with Crippen molar-refractivity contribution in [2.75, 3.05) is 0 Å². The maximum Gasteiger partial charge on any atom is 0.157 e. The Morgan fingerprint density at radius 2 is 0.818 bits per heavy atom. The van der Waals surface area contributed by atoms with Gasteiger partial charge in [-0.1, -0.05) is 12.1 Å². The van der Waals surface area contributed by atoms with Crippen LogP contribution in [-0.2, 0) is 12.8 Å². The Morgan fingerprint density at radius 3 is 1.16 bits per heavy atom. The van der Waals surface area contributed by atoms with E-state index in [-0.39, 0.29) is 81.3 Å². The average Bonchev–Trinajstić information content (AvgIpc) is 2.92. The number of hydrogen-bond donors (Lipinski definition) is 10. The van der Waals surface area contributed by atoms with E-state index in [0.29, 0.717) is 22.3 Å². The molecule has 2 aliphatic rings. The molecule has 236 valence electrons. The molecule has 14 nitrogen and oxygen atoms in total. The van der Waals surface area contributed by atoms with Crippen molar-refractivity contribution in [2.45, 2.75) is 37.3 Å². The van der Waals surface area contributed by atoms with Crippen molar-refractivity contribution in [3.63, 3.8) is 0 Å². The normalized spacial score (nSPS) is 19.7. The van der Waals surface area contributed by atoms with Crippen molar-refractivity contribution in [3.8, 4) is 57.5 Å². The lowest BCUT2D eigenvalue weighted by atomic mass is 9.94. The second kappa shape index (κ2) is 12.9. The Hall–Kier alpha value is -5.28. The average molecular weight is 617 g/mol. The maximum absolute atomic E-state index is 10.2. The quantitative estimate of drug-likeness (QED) is 0.143. The van der Waals surface area contributed by atoms with E-state index in [1.165, 1.54) is 60.7 Å². The molecule has 0 unspecified atom stereocenters. The molecule has 14 heteroatoms. The van der Waals surface area contributed by atoms with Gasteiger partial charge in [0.2, 0.25) is 0 Å². The van der Waals surface area contributed by atoms with Crippen LogP contribution < -0.4 is 9.47 Å². The van der Waals surface area contributed by atoms with Crippen LogP contribution in [0, 0.1) is 0 Å². The second-order valence-electron chi connectivity index (χ2n) is 10.00. The van der Waals surface area contributed by atoms with Crippen LogP contribution in [0.15, 0.2) is 60.7 Å². The molecule has 2 heterocycles. The van der Waals surface area contributed by atoms with E-state index in [9.17, 15) is 51.1 Å². The van der Waals surface area contributed by atoms with Crippen LogP contribution in [0.25, 0.3) is 0 Å². The van der Waals surface area contributed by atoms with Gasteiger partial charge in [-0.3, -0.25) is 0 Å². The van der Waals surface area contributed by atoms with Crippen LogP contribution >= 0.6 is 0 Å². The van der Waals surface area contributed by atoms with E-state index in [0.717, 1.165) is 0 Å². The predicted molar refractivity (Wildman–Crippen MR) is 152 cm³/mol. The first kappa shape index (κ1) is 33.2. The number of aliphatic hydroxyl groups excluding tert-OH is 2. The fraction of sp³-hybridized carbons (Fsp3) is 0.200. The number of fused-ring (bicyclic) bond motifs is 2. The number of aliphatic hydroxyl groups is 2. The second-order valence-corrected chi connectivity index (χ2v) is 10.00. The highest BCUT2D eigenvalue weighted by molar-refractivity contribution is 5.53. The fourth-order valence-corrected chi connectivity index (χ4v) is 4.93. The SMILES string of the molecule is O.O.Oc1cc(O)c2c(c1)O[C@H](c1ccc(O)c(O)c1)[C@@H](O)C2.Oc1cc(O)c2c(c1)O[C@H](c1ccc(O)c(O)c1)[C@@H](O)C2. The van der Waals surface area contributed by atoms with Gasteiger partial charge in [-0.05, 0) is 35.4 Å². The van der Waals surface area contributed by atoms with E-state index in [1.807, 2.05) is 0 Å². The van der Waals surface area contributed by atoms with Crippen LogP contribution in [0.4, 0.5) is 0 Å². The Morgan fingerprint density at radius 1 is 0.455 bits per heavy atom. The van der Waals surface area contributed by atoms with Gasteiger partial charge in [0.1, 0.15) is 46.7 Å². The Labute approximate surface area is 249 Å². The molecule has 0 radical (unpaired) electrons. The zero-order chi connectivity index (χ0) is 30.3. The van der Waals surface area contributed by atoms with Gasteiger partial charge in [0.25, 0.3) is 0 Å². The van der Waals surface area contributed by atoms with E-state index < -0.39 is 24.4 Å². The van der Waals surface area contributed by atoms with Crippen LogP contribution in [-0.4, -0.2) is 74.2 Å². The van der Waals surface area contributed by atoms with Gasteiger partial charge >= 0.3 is 0 Å². The van der Waals surface area contributed by atoms with Crippen LogP contribution in [0.2, 0.25) is 0 Å². The number of rotatable bonds is 2. The van der Waals surface area contributed by atoms with Crippen molar-refractivity contribution in [1.29, 1.82) is 0 Å². The summed E-state index contributed by atoms with van der Waals surface area (Å²) in [4.78, 5) is 0. The first-order valence-corrected chi connectivity index (χ1v) is 12.7. The summed E-state index contributed by atoms with van der Waals surface area (Å²) in [6, 6.07) is 13.3. The summed E-state index contributed by atoms with van der Waals surface area (Å²) in [7, 11) is 0. The lowest BCUT2D eigenvalue weighted by molar-refractivity contribution is 0.0196. The summed E-state index contributed by atoms with van der Waals surface area (Å²) in [5.74, 6) is -1.18. The molecule has 4 atom stereocenters. The highest BCUT2D eigenvalue weighted by Gasteiger charge is 2.33. The molecule has 4 aromatic rings. The fourth-order valence-electron chi connectivity index (χ4n) is 4.93. The molecule has 0 spiro atoms. The lowest BCUT2D eigenvalue weighted by Gasteiger charge is -2.31. The molecular weight excluding hydrogens is 584 g/mol. The molecule has 0 aromatic heterocycles. The van der Waals surface area contributed by atoms with E-state index >= 15 is 0 Å². The molecule has 0 amide bonds. The third-order valence-corrected chi connectivity index (χ3v) is 7.03. The van der Waals surface area contributed by atoms with Gasteiger partial charge in [-0.15, -0.1) is 0 Å². The van der Waals surface area contributed by atoms with Gasteiger partial charge in [-0.2, -0.15) is 0 Å². The molecule has 2 aliphatic heterocycles. The minimum absolute atomic E-state index is 0. The number of aromatic hydroxyl groups is 8. The molecule has 0 saturated heterocycles. The van der Waals surface area contributed by atoms with Crippen molar-refractivity contribution >= 4 is 0 Å². The van der Waals surface area contributed by atoms with Gasteiger partial charge in [-0.25, -0.2) is 0 Å². The molecule has 0 bridgehead atoms. The predicted octanol–water partition coefficient (Wildman–Crippen LogP) is 1.44. The topological polar surface area (TPSA) is 284 Å². The standard InChI is InChI=1S/2C15H14O6.2H2O/c2*16-8-4-11(18)9-6-13(20)15(21-14(9)5-8)7-1-2-10(17)12(19)3-7;;/h2*1-5,13,15-20H,6H2;2*1H2/t2*13-,15+;;/m00../s1. The molecule has 6 rings (SSSR count). The van der Waals surface area contributed by atoms with Crippen LogP contribution in [0.5, 0.6) is 57.5 Å². The summed E-state index contributed by atoms with van der Waals surface area (Å²) < 4.78 is 11.2. The van der Waals surface area contributed by atoms with Crippen LogP contribution in [0.3, 0.4) is 0 Å². The Kier molecular flexibility index (Phi) is 9.76. The minimum atomic E-state index is -0.933.